The van der Waals surface area contributed by atoms with Gasteiger partial charge in [0.05, 0.1) is 30.9 Å². The van der Waals surface area contributed by atoms with Crippen molar-refractivity contribution in [1.82, 2.24) is 14.9 Å². The fourth-order valence-electron chi connectivity index (χ4n) is 1.34. The van der Waals surface area contributed by atoms with Gasteiger partial charge in [-0.05, 0) is 6.92 Å². The van der Waals surface area contributed by atoms with Gasteiger partial charge in [0.25, 0.3) is 0 Å². The molecule has 0 aromatic carbocycles. The molecule has 1 aliphatic heterocycles. The molecule has 2 rings (SSSR count). The first kappa shape index (κ1) is 8.72. The molecule has 0 unspecified atom stereocenters. The Morgan fingerprint density at radius 1 is 1.69 bits per heavy atom. The molecule has 0 amide bonds. The highest BCUT2D eigenvalue weighted by Gasteiger charge is 2.17. The molecule has 1 aliphatic rings. The Morgan fingerprint density at radius 2 is 2.54 bits per heavy atom. The average Bonchev–Trinajstić information content (AvgIpc) is 2.49. The summed E-state index contributed by atoms with van der Waals surface area (Å²) in [6.07, 6.45) is 4.12. The van der Waals surface area contributed by atoms with Gasteiger partial charge in [-0.15, -0.1) is 0 Å². The highest BCUT2D eigenvalue weighted by molar-refractivity contribution is 4.96. The summed E-state index contributed by atoms with van der Waals surface area (Å²) in [4.78, 5) is 4.08. The molecule has 0 atom stereocenters. The van der Waals surface area contributed by atoms with Crippen molar-refractivity contribution in [1.29, 1.82) is 0 Å². The average molecular weight is 181 g/mol. The Labute approximate surface area is 77.9 Å². The molecule has 0 bridgehead atoms. The van der Waals surface area contributed by atoms with E-state index in [2.05, 4.69) is 21.8 Å². The van der Waals surface area contributed by atoms with Gasteiger partial charge in [-0.3, -0.25) is 0 Å². The van der Waals surface area contributed by atoms with E-state index in [-0.39, 0.29) is 0 Å². The Morgan fingerprint density at radius 3 is 3.15 bits per heavy atom. The van der Waals surface area contributed by atoms with Gasteiger partial charge in [0, 0.05) is 19.6 Å². The summed E-state index contributed by atoms with van der Waals surface area (Å²) in [6.45, 7) is 5.72. The van der Waals surface area contributed by atoms with E-state index in [4.69, 9.17) is 4.74 Å². The number of imidazole rings is 1. The maximum Gasteiger partial charge on any atom is 0.0948 e. The van der Waals surface area contributed by atoms with Gasteiger partial charge in [-0.2, -0.15) is 0 Å². The van der Waals surface area contributed by atoms with Crippen molar-refractivity contribution in [3.05, 3.63) is 18.2 Å². The lowest BCUT2D eigenvalue weighted by molar-refractivity contribution is 0.00485. The van der Waals surface area contributed by atoms with E-state index >= 15 is 0 Å². The summed E-state index contributed by atoms with van der Waals surface area (Å²) in [5, 5.41) is 3.17. The van der Waals surface area contributed by atoms with E-state index in [1.165, 1.54) is 0 Å². The predicted molar refractivity (Wildman–Crippen MR) is 49.3 cm³/mol. The van der Waals surface area contributed by atoms with E-state index in [1.54, 1.807) is 0 Å². The number of nitrogens with zero attached hydrogens (tertiary/aromatic N) is 2. The molecule has 0 radical (unpaired) electrons. The second kappa shape index (κ2) is 3.89. The summed E-state index contributed by atoms with van der Waals surface area (Å²) < 4.78 is 7.74. The quantitative estimate of drug-likeness (QED) is 0.730. The van der Waals surface area contributed by atoms with Crippen LogP contribution in [0.3, 0.4) is 0 Å². The normalized spacial score (nSPS) is 17.3. The van der Waals surface area contributed by atoms with Gasteiger partial charge >= 0.3 is 0 Å². The second-order valence-corrected chi connectivity index (χ2v) is 3.26. The first-order valence-electron chi connectivity index (χ1n) is 4.71. The van der Waals surface area contributed by atoms with Gasteiger partial charge in [0.2, 0.25) is 0 Å². The molecule has 0 spiro atoms. The molecular formula is C9H15N3O. The molecule has 4 nitrogen and oxygen atoms in total. The van der Waals surface area contributed by atoms with Crippen LogP contribution in [0.4, 0.5) is 0 Å². The number of nitrogens with one attached hydrogen (secondary N) is 1. The van der Waals surface area contributed by atoms with Gasteiger partial charge in [-0.25, -0.2) is 4.98 Å². The minimum absolute atomic E-state index is 0.403. The van der Waals surface area contributed by atoms with Gasteiger partial charge in [-0.1, -0.05) is 0 Å². The molecule has 1 aromatic heterocycles. The molecule has 13 heavy (non-hydrogen) atoms. The van der Waals surface area contributed by atoms with E-state index in [0.717, 1.165) is 25.3 Å². The molecule has 0 aliphatic carbocycles. The second-order valence-electron chi connectivity index (χ2n) is 3.26. The van der Waals surface area contributed by atoms with Crippen molar-refractivity contribution in [2.24, 2.45) is 0 Å². The van der Waals surface area contributed by atoms with Crippen molar-refractivity contribution in [3.63, 3.8) is 0 Å². The molecule has 2 heterocycles. The first-order valence-corrected chi connectivity index (χ1v) is 4.71. The summed E-state index contributed by atoms with van der Waals surface area (Å²) in [5.41, 5.74) is 1.16. The molecule has 1 saturated heterocycles. The number of hydrogen-bond acceptors (Lipinski definition) is 3. The topological polar surface area (TPSA) is 39.1 Å². The van der Waals surface area contributed by atoms with Crippen LogP contribution >= 0.6 is 0 Å². The third-order valence-electron chi connectivity index (χ3n) is 2.35. The molecule has 1 aromatic rings. The van der Waals surface area contributed by atoms with Crippen LogP contribution < -0.4 is 5.32 Å². The zero-order valence-corrected chi connectivity index (χ0v) is 7.86. The minimum Gasteiger partial charge on any atom is -0.369 e. The van der Waals surface area contributed by atoms with Crippen LogP contribution in [0.15, 0.2) is 12.5 Å². The summed E-state index contributed by atoms with van der Waals surface area (Å²) >= 11 is 0. The molecule has 0 saturated carbocycles. The van der Waals surface area contributed by atoms with E-state index in [1.807, 2.05) is 12.5 Å². The Balaban J connectivity index is 1.85. The van der Waals surface area contributed by atoms with Crippen molar-refractivity contribution in [2.45, 2.75) is 26.2 Å². The van der Waals surface area contributed by atoms with Crippen LogP contribution in [0.5, 0.6) is 0 Å². The number of hydrogen-bond donors (Lipinski definition) is 1. The number of aryl methyl sites for hydroxylation is 1. The lowest BCUT2D eigenvalue weighted by Gasteiger charge is -2.27. The lowest BCUT2D eigenvalue weighted by atomic mass is 10.2. The lowest BCUT2D eigenvalue weighted by Crippen LogP contribution is -2.48. The van der Waals surface area contributed by atoms with Crippen molar-refractivity contribution >= 4 is 0 Å². The van der Waals surface area contributed by atoms with E-state index in [0.29, 0.717) is 12.7 Å². The first-order chi connectivity index (χ1) is 6.40. The summed E-state index contributed by atoms with van der Waals surface area (Å²) in [5.74, 6) is 0. The molecule has 4 heteroatoms. The Kier molecular flexibility index (Phi) is 2.61. The maximum absolute atomic E-state index is 5.64. The van der Waals surface area contributed by atoms with Crippen molar-refractivity contribution in [2.75, 3.05) is 13.1 Å². The van der Waals surface area contributed by atoms with Gasteiger partial charge < -0.3 is 14.6 Å². The summed E-state index contributed by atoms with van der Waals surface area (Å²) in [6, 6.07) is 0. The fourth-order valence-corrected chi connectivity index (χ4v) is 1.34. The molecular weight excluding hydrogens is 166 g/mol. The van der Waals surface area contributed by atoms with Crippen LogP contribution in [-0.4, -0.2) is 28.7 Å². The van der Waals surface area contributed by atoms with Crippen LogP contribution in [-0.2, 0) is 17.9 Å². The van der Waals surface area contributed by atoms with Gasteiger partial charge in [0.15, 0.2) is 0 Å². The molecule has 72 valence electrons. The van der Waals surface area contributed by atoms with Crippen molar-refractivity contribution in [3.8, 4) is 0 Å². The standard InChI is InChI=1S/C9H15N3O/c1-2-12-7-11-3-8(12)6-13-9-4-10-5-9/h3,7,9-10H,2,4-6H2,1H3. The molecule has 1 N–H and O–H groups in total. The van der Waals surface area contributed by atoms with Crippen LogP contribution in [0.25, 0.3) is 0 Å². The van der Waals surface area contributed by atoms with E-state index in [9.17, 15) is 0 Å². The fraction of sp³-hybridized carbons (Fsp3) is 0.667. The van der Waals surface area contributed by atoms with Gasteiger partial charge in [0.1, 0.15) is 0 Å². The Hall–Kier alpha value is -0.870. The molecule has 1 fully saturated rings. The number of rotatable bonds is 4. The number of aromatic nitrogens is 2. The van der Waals surface area contributed by atoms with Crippen molar-refractivity contribution < 1.29 is 4.74 Å². The highest BCUT2D eigenvalue weighted by atomic mass is 16.5. The summed E-state index contributed by atoms with van der Waals surface area (Å²) in [7, 11) is 0. The smallest absolute Gasteiger partial charge is 0.0948 e. The largest absolute Gasteiger partial charge is 0.369 e. The zero-order chi connectivity index (χ0) is 9.10. The van der Waals surface area contributed by atoms with E-state index < -0.39 is 0 Å². The number of ether oxygens (including phenoxy) is 1. The minimum atomic E-state index is 0.403. The van der Waals surface area contributed by atoms with Crippen LogP contribution in [0, 0.1) is 0 Å². The highest BCUT2D eigenvalue weighted by Crippen LogP contribution is 2.05. The van der Waals surface area contributed by atoms with Crippen LogP contribution in [0.1, 0.15) is 12.6 Å². The Bertz CT molecular complexity index is 268. The SMILES string of the molecule is CCn1cncc1COC1CNC1. The van der Waals surface area contributed by atoms with Crippen LogP contribution in [0.2, 0.25) is 0 Å². The zero-order valence-electron chi connectivity index (χ0n) is 7.86. The third-order valence-corrected chi connectivity index (χ3v) is 2.35. The predicted octanol–water partition coefficient (Wildman–Crippen LogP) is 0.391. The monoisotopic (exact) mass is 181 g/mol. The maximum atomic E-state index is 5.64. The third kappa shape index (κ3) is 1.89.